The summed E-state index contributed by atoms with van der Waals surface area (Å²) in [5.41, 5.74) is 2.31. The minimum atomic E-state index is 0. The zero-order chi connectivity index (χ0) is 19.9. The molecule has 1 aliphatic heterocycles. The molecule has 0 radical (unpaired) electrons. The van der Waals surface area contributed by atoms with Crippen molar-refractivity contribution in [2.75, 3.05) is 64.2 Å². The third kappa shape index (κ3) is 5.65. The first kappa shape index (κ1) is 23.1. The molecule has 1 saturated heterocycles. The molecule has 1 fully saturated rings. The summed E-state index contributed by atoms with van der Waals surface area (Å²) in [6, 6.07) is 12.3. The monoisotopic (exact) mass is 510 g/mol. The number of anilines is 2. The van der Waals surface area contributed by atoms with Gasteiger partial charge in [-0.2, -0.15) is 0 Å². The number of para-hydroxylation sites is 2. The van der Waals surface area contributed by atoms with E-state index in [9.17, 15) is 0 Å². The maximum atomic E-state index is 5.51. The van der Waals surface area contributed by atoms with Crippen molar-refractivity contribution in [2.24, 2.45) is 4.99 Å². The molecule has 2 heterocycles. The topological polar surface area (TPSA) is 56.2 Å². The van der Waals surface area contributed by atoms with Gasteiger partial charge in [0.15, 0.2) is 5.96 Å². The lowest BCUT2D eigenvalue weighted by atomic mass is 10.2. The fourth-order valence-electron chi connectivity index (χ4n) is 3.53. The number of ether oxygens (including phenoxy) is 1. The van der Waals surface area contributed by atoms with Crippen LogP contribution in [0.5, 0.6) is 5.75 Å². The number of halogens is 1. The van der Waals surface area contributed by atoms with E-state index in [1.165, 1.54) is 0 Å². The molecule has 1 aromatic carbocycles. The normalized spacial score (nSPS) is 14.3. The van der Waals surface area contributed by atoms with E-state index in [1.54, 1.807) is 7.11 Å². The van der Waals surface area contributed by atoms with Gasteiger partial charge in [-0.25, -0.2) is 4.98 Å². The zero-order valence-electron chi connectivity index (χ0n) is 17.6. The maximum absolute atomic E-state index is 5.51. The standard InChI is InChI=1S/C21H30N6O.HI/c1-22-21(24-16-17-8-7-11-23-20(17)25(2)3)27-14-12-26(13-15-27)18-9-5-6-10-19(18)28-4;/h5-11H,12-16H2,1-4H3,(H,22,24);1H. The molecule has 0 bridgehead atoms. The molecule has 0 spiro atoms. The molecule has 2 aromatic rings. The van der Waals surface area contributed by atoms with Crippen molar-refractivity contribution in [1.29, 1.82) is 0 Å². The lowest BCUT2D eigenvalue weighted by Gasteiger charge is -2.38. The number of aliphatic imine (C=N–C) groups is 1. The van der Waals surface area contributed by atoms with Gasteiger partial charge in [0.1, 0.15) is 11.6 Å². The first-order chi connectivity index (χ1) is 13.6. The highest BCUT2D eigenvalue weighted by molar-refractivity contribution is 14.0. The first-order valence-electron chi connectivity index (χ1n) is 9.58. The van der Waals surface area contributed by atoms with Crippen LogP contribution in [0.4, 0.5) is 11.5 Å². The van der Waals surface area contributed by atoms with Gasteiger partial charge < -0.3 is 24.8 Å². The number of rotatable bonds is 5. The third-order valence-corrected chi connectivity index (χ3v) is 4.94. The van der Waals surface area contributed by atoms with Crippen molar-refractivity contribution >= 4 is 41.4 Å². The molecular formula is C21H31IN6O. The minimum Gasteiger partial charge on any atom is -0.495 e. The maximum Gasteiger partial charge on any atom is 0.194 e. The van der Waals surface area contributed by atoms with Crippen LogP contribution < -0.4 is 19.9 Å². The molecule has 0 atom stereocenters. The molecule has 0 unspecified atom stereocenters. The van der Waals surface area contributed by atoms with E-state index in [0.29, 0.717) is 6.54 Å². The first-order valence-corrected chi connectivity index (χ1v) is 9.58. The highest BCUT2D eigenvalue weighted by Gasteiger charge is 2.21. The van der Waals surface area contributed by atoms with Crippen molar-refractivity contribution in [3.05, 3.63) is 48.2 Å². The fraction of sp³-hybridized carbons (Fsp3) is 0.429. The molecule has 158 valence electrons. The molecule has 1 aliphatic rings. The summed E-state index contributed by atoms with van der Waals surface area (Å²) in [4.78, 5) is 15.7. The third-order valence-electron chi connectivity index (χ3n) is 4.94. The summed E-state index contributed by atoms with van der Waals surface area (Å²) in [6.07, 6.45) is 1.82. The predicted molar refractivity (Wildman–Crippen MR) is 131 cm³/mol. The van der Waals surface area contributed by atoms with Gasteiger partial charge in [-0.3, -0.25) is 4.99 Å². The van der Waals surface area contributed by atoms with Crippen LogP contribution in [-0.4, -0.2) is 70.3 Å². The SMILES string of the molecule is CN=C(NCc1cccnc1N(C)C)N1CCN(c2ccccc2OC)CC1.I. The van der Waals surface area contributed by atoms with Gasteiger partial charge in [0.25, 0.3) is 0 Å². The Morgan fingerprint density at radius 2 is 1.86 bits per heavy atom. The van der Waals surface area contributed by atoms with Crippen LogP contribution in [0, 0.1) is 0 Å². The van der Waals surface area contributed by atoms with Crippen LogP contribution in [-0.2, 0) is 6.54 Å². The highest BCUT2D eigenvalue weighted by Crippen LogP contribution is 2.28. The predicted octanol–water partition coefficient (Wildman–Crippen LogP) is 2.67. The molecule has 0 aliphatic carbocycles. The van der Waals surface area contributed by atoms with E-state index in [4.69, 9.17) is 4.74 Å². The summed E-state index contributed by atoms with van der Waals surface area (Å²) >= 11 is 0. The Kier molecular flexibility index (Phi) is 8.81. The van der Waals surface area contributed by atoms with Crippen LogP contribution in [0.2, 0.25) is 0 Å². The van der Waals surface area contributed by atoms with Crippen molar-refractivity contribution in [2.45, 2.75) is 6.54 Å². The van der Waals surface area contributed by atoms with E-state index in [-0.39, 0.29) is 24.0 Å². The Hall–Kier alpha value is -2.23. The van der Waals surface area contributed by atoms with Gasteiger partial charge in [0.05, 0.1) is 12.8 Å². The highest BCUT2D eigenvalue weighted by atomic mass is 127. The molecule has 1 aromatic heterocycles. The number of hydrogen-bond acceptors (Lipinski definition) is 5. The largest absolute Gasteiger partial charge is 0.495 e. The number of guanidine groups is 1. The number of nitrogens with zero attached hydrogens (tertiary/aromatic N) is 5. The van der Waals surface area contributed by atoms with E-state index in [0.717, 1.165) is 55.0 Å². The number of nitrogens with one attached hydrogen (secondary N) is 1. The second kappa shape index (κ2) is 11.1. The summed E-state index contributed by atoms with van der Waals surface area (Å²) < 4.78 is 5.51. The zero-order valence-corrected chi connectivity index (χ0v) is 20.0. The quantitative estimate of drug-likeness (QED) is 0.380. The summed E-state index contributed by atoms with van der Waals surface area (Å²) in [7, 11) is 7.59. The van der Waals surface area contributed by atoms with E-state index in [1.807, 2.05) is 50.4 Å². The second-order valence-electron chi connectivity index (χ2n) is 6.93. The minimum absolute atomic E-state index is 0. The number of hydrogen-bond donors (Lipinski definition) is 1. The number of benzene rings is 1. The van der Waals surface area contributed by atoms with Gasteiger partial charge in [0.2, 0.25) is 0 Å². The van der Waals surface area contributed by atoms with Gasteiger partial charge in [-0.05, 0) is 18.2 Å². The molecule has 1 N–H and O–H groups in total. The fourth-order valence-corrected chi connectivity index (χ4v) is 3.53. The Labute approximate surface area is 190 Å². The van der Waals surface area contributed by atoms with Gasteiger partial charge in [-0.15, -0.1) is 24.0 Å². The molecule has 7 nitrogen and oxygen atoms in total. The Bertz CT molecular complexity index is 805. The molecule has 0 amide bonds. The average molecular weight is 510 g/mol. The average Bonchev–Trinajstić information content (AvgIpc) is 2.74. The Morgan fingerprint density at radius 3 is 2.52 bits per heavy atom. The Morgan fingerprint density at radius 1 is 1.14 bits per heavy atom. The molecular weight excluding hydrogens is 479 g/mol. The summed E-state index contributed by atoms with van der Waals surface area (Å²) in [6.45, 7) is 4.37. The van der Waals surface area contributed by atoms with Gasteiger partial charge in [-0.1, -0.05) is 18.2 Å². The summed E-state index contributed by atoms with van der Waals surface area (Å²) in [5.74, 6) is 2.82. The van der Waals surface area contributed by atoms with Crippen LogP contribution in [0.1, 0.15) is 5.56 Å². The van der Waals surface area contributed by atoms with E-state index >= 15 is 0 Å². The number of piperazine rings is 1. The van der Waals surface area contributed by atoms with Gasteiger partial charge in [0, 0.05) is 65.6 Å². The van der Waals surface area contributed by atoms with Crippen molar-refractivity contribution in [3.63, 3.8) is 0 Å². The van der Waals surface area contributed by atoms with Crippen molar-refractivity contribution in [1.82, 2.24) is 15.2 Å². The molecule has 0 saturated carbocycles. The van der Waals surface area contributed by atoms with E-state index < -0.39 is 0 Å². The van der Waals surface area contributed by atoms with Crippen LogP contribution in [0.3, 0.4) is 0 Å². The molecule has 3 rings (SSSR count). The van der Waals surface area contributed by atoms with Crippen LogP contribution in [0.25, 0.3) is 0 Å². The lowest BCUT2D eigenvalue weighted by molar-refractivity contribution is 0.367. The summed E-state index contributed by atoms with van der Waals surface area (Å²) in [5, 5.41) is 3.49. The number of pyridine rings is 1. The van der Waals surface area contributed by atoms with Crippen LogP contribution >= 0.6 is 24.0 Å². The Balaban J connectivity index is 0.00000300. The number of methoxy groups -OCH3 is 1. The van der Waals surface area contributed by atoms with Gasteiger partial charge >= 0.3 is 0 Å². The second-order valence-corrected chi connectivity index (χ2v) is 6.93. The molecule has 29 heavy (non-hydrogen) atoms. The molecule has 8 heteroatoms. The lowest BCUT2D eigenvalue weighted by Crippen LogP contribution is -2.52. The van der Waals surface area contributed by atoms with E-state index in [2.05, 4.69) is 43.3 Å². The van der Waals surface area contributed by atoms with Crippen molar-refractivity contribution in [3.8, 4) is 5.75 Å². The smallest absolute Gasteiger partial charge is 0.194 e. The van der Waals surface area contributed by atoms with Crippen LogP contribution in [0.15, 0.2) is 47.6 Å². The van der Waals surface area contributed by atoms with Crippen molar-refractivity contribution < 1.29 is 4.74 Å². The number of aromatic nitrogens is 1.